The van der Waals surface area contributed by atoms with E-state index in [1.54, 1.807) is 5.38 Å². The maximum absolute atomic E-state index is 13.7. The number of thiazole rings is 1. The van der Waals surface area contributed by atoms with E-state index in [0.717, 1.165) is 49.9 Å². The van der Waals surface area contributed by atoms with E-state index in [4.69, 9.17) is 0 Å². The fraction of sp³-hybridized carbons (Fsp3) is 0.357. The number of rotatable bonds is 3. The Morgan fingerprint density at radius 3 is 2.85 bits per heavy atom. The minimum Gasteiger partial charge on any atom is -0.314 e. The predicted octanol–water partition coefficient (Wildman–Crippen LogP) is 2.49. The second kappa shape index (κ2) is 5.95. The lowest BCUT2D eigenvalue weighted by atomic mass is 10.1. The molecule has 3 nitrogen and oxygen atoms in total. The normalized spacial score (nSPS) is 16.5. The van der Waals surface area contributed by atoms with Gasteiger partial charge < -0.3 is 5.32 Å². The third kappa shape index (κ3) is 3.03. The monoisotopic (exact) mass is 295 g/mol. The lowest BCUT2D eigenvalue weighted by molar-refractivity contribution is 0.233. The number of piperazine rings is 1. The lowest BCUT2D eigenvalue weighted by Gasteiger charge is -2.26. The van der Waals surface area contributed by atoms with Crippen LogP contribution in [0.2, 0.25) is 0 Å². The smallest absolute Gasteiger partial charge is 0.132 e. The van der Waals surface area contributed by atoms with Crippen molar-refractivity contribution in [2.75, 3.05) is 26.2 Å². The molecule has 1 fully saturated rings. The summed E-state index contributed by atoms with van der Waals surface area (Å²) in [6.45, 7) is 4.71. The molecule has 1 saturated heterocycles. The number of nitrogens with zero attached hydrogens (tertiary/aromatic N) is 2. The van der Waals surface area contributed by atoms with Crippen molar-refractivity contribution in [1.29, 1.82) is 0 Å². The first-order valence-electron chi connectivity index (χ1n) is 6.55. The second-order valence-corrected chi connectivity index (χ2v) is 5.72. The van der Waals surface area contributed by atoms with Gasteiger partial charge in [0.1, 0.15) is 16.6 Å². The Kier molecular flexibility index (Phi) is 4.05. The van der Waals surface area contributed by atoms with E-state index in [0.29, 0.717) is 5.69 Å². The molecule has 0 spiro atoms. The van der Waals surface area contributed by atoms with Crippen LogP contribution in [0.25, 0.3) is 11.3 Å². The highest BCUT2D eigenvalue weighted by molar-refractivity contribution is 7.09. The largest absolute Gasteiger partial charge is 0.314 e. The molecule has 2 heterocycles. The molecule has 106 valence electrons. The number of hydrogen-bond donors (Lipinski definition) is 1. The topological polar surface area (TPSA) is 28.2 Å². The molecule has 6 heteroatoms. The van der Waals surface area contributed by atoms with Gasteiger partial charge in [0.25, 0.3) is 0 Å². The fourth-order valence-corrected chi connectivity index (χ4v) is 3.10. The van der Waals surface area contributed by atoms with Crippen LogP contribution in [0, 0.1) is 11.6 Å². The molecular formula is C14H15F2N3S. The van der Waals surface area contributed by atoms with Crippen LogP contribution in [-0.2, 0) is 6.54 Å². The summed E-state index contributed by atoms with van der Waals surface area (Å²) in [5.74, 6) is -0.886. The Hall–Kier alpha value is -1.37. The number of benzene rings is 1. The molecule has 0 unspecified atom stereocenters. The van der Waals surface area contributed by atoms with Gasteiger partial charge in [0.2, 0.25) is 0 Å². The van der Waals surface area contributed by atoms with E-state index >= 15 is 0 Å². The van der Waals surface area contributed by atoms with Crippen molar-refractivity contribution < 1.29 is 8.78 Å². The maximum atomic E-state index is 13.7. The zero-order valence-corrected chi connectivity index (χ0v) is 11.7. The van der Waals surface area contributed by atoms with Crippen molar-refractivity contribution in [3.05, 3.63) is 40.2 Å². The van der Waals surface area contributed by atoms with Crippen molar-refractivity contribution in [2.45, 2.75) is 6.54 Å². The molecule has 0 aliphatic carbocycles. The Morgan fingerprint density at radius 1 is 1.25 bits per heavy atom. The minimum absolute atomic E-state index is 0.229. The van der Waals surface area contributed by atoms with Crippen molar-refractivity contribution in [2.24, 2.45) is 0 Å². The van der Waals surface area contributed by atoms with Crippen LogP contribution in [0.15, 0.2) is 23.6 Å². The average Bonchev–Trinajstić information content (AvgIpc) is 2.91. The predicted molar refractivity (Wildman–Crippen MR) is 75.6 cm³/mol. The summed E-state index contributed by atoms with van der Waals surface area (Å²) in [5, 5.41) is 6.02. The summed E-state index contributed by atoms with van der Waals surface area (Å²) in [4.78, 5) is 6.73. The minimum atomic E-state index is -0.446. The van der Waals surface area contributed by atoms with Crippen LogP contribution < -0.4 is 5.32 Å². The van der Waals surface area contributed by atoms with Gasteiger partial charge in [-0.3, -0.25) is 4.90 Å². The molecule has 20 heavy (non-hydrogen) atoms. The summed E-state index contributed by atoms with van der Waals surface area (Å²) in [6, 6.07) is 3.45. The maximum Gasteiger partial charge on any atom is 0.132 e. The second-order valence-electron chi connectivity index (χ2n) is 4.78. The van der Waals surface area contributed by atoms with Gasteiger partial charge in [-0.25, -0.2) is 13.8 Å². The lowest BCUT2D eigenvalue weighted by Crippen LogP contribution is -2.42. The highest BCUT2D eigenvalue weighted by Crippen LogP contribution is 2.26. The van der Waals surface area contributed by atoms with Crippen LogP contribution in [0.3, 0.4) is 0 Å². The molecule has 1 N–H and O–H groups in total. The molecule has 2 aromatic rings. The molecule has 0 atom stereocenters. The fourth-order valence-electron chi connectivity index (χ4n) is 2.26. The van der Waals surface area contributed by atoms with Crippen molar-refractivity contribution in [1.82, 2.24) is 15.2 Å². The summed E-state index contributed by atoms with van der Waals surface area (Å²) < 4.78 is 26.9. The van der Waals surface area contributed by atoms with Crippen LogP contribution in [0.4, 0.5) is 8.78 Å². The van der Waals surface area contributed by atoms with Gasteiger partial charge in [-0.15, -0.1) is 11.3 Å². The molecule has 0 saturated carbocycles. The number of nitrogens with one attached hydrogen (secondary N) is 1. The molecule has 1 aliphatic heterocycles. The number of aromatic nitrogens is 1. The summed E-state index contributed by atoms with van der Waals surface area (Å²) in [6.07, 6.45) is 0. The van der Waals surface area contributed by atoms with Gasteiger partial charge in [-0.2, -0.15) is 0 Å². The first-order valence-corrected chi connectivity index (χ1v) is 7.43. The van der Waals surface area contributed by atoms with Gasteiger partial charge in [0.15, 0.2) is 0 Å². The van der Waals surface area contributed by atoms with Crippen molar-refractivity contribution in [3.63, 3.8) is 0 Å². The van der Waals surface area contributed by atoms with E-state index in [-0.39, 0.29) is 5.56 Å². The Bertz CT molecular complexity index is 594. The third-order valence-electron chi connectivity index (χ3n) is 3.32. The van der Waals surface area contributed by atoms with E-state index in [1.165, 1.54) is 17.4 Å². The van der Waals surface area contributed by atoms with Gasteiger partial charge in [0, 0.05) is 37.1 Å². The molecule has 1 aliphatic rings. The zero-order chi connectivity index (χ0) is 13.9. The van der Waals surface area contributed by atoms with E-state index in [2.05, 4.69) is 15.2 Å². The average molecular weight is 295 g/mol. The van der Waals surface area contributed by atoms with Gasteiger partial charge in [0.05, 0.1) is 12.2 Å². The zero-order valence-electron chi connectivity index (χ0n) is 10.9. The van der Waals surface area contributed by atoms with Crippen LogP contribution in [-0.4, -0.2) is 36.1 Å². The van der Waals surface area contributed by atoms with Gasteiger partial charge in [-0.05, 0) is 18.2 Å². The number of halogens is 2. The molecule has 3 rings (SSSR count). The van der Waals surface area contributed by atoms with E-state index in [9.17, 15) is 8.78 Å². The van der Waals surface area contributed by atoms with Gasteiger partial charge >= 0.3 is 0 Å². The van der Waals surface area contributed by atoms with Gasteiger partial charge in [-0.1, -0.05) is 0 Å². The van der Waals surface area contributed by atoms with Crippen LogP contribution in [0.1, 0.15) is 5.01 Å². The highest BCUT2D eigenvalue weighted by Gasteiger charge is 2.14. The van der Waals surface area contributed by atoms with E-state index in [1.807, 2.05) is 0 Å². The number of hydrogen-bond acceptors (Lipinski definition) is 4. The highest BCUT2D eigenvalue weighted by atomic mass is 32.1. The van der Waals surface area contributed by atoms with E-state index < -0.39 is 11.6 Å². The molecule has 0 bridgehead atoms. The standard InChI is InChI=1S/C14H15F2N3S/c15-10-1-2-12(16)11(7-10)13-9-20-14(18-13)8-19-5-3-17-4-6-19/h1-2,7,9,17H,3-6,8H2. The quantitative estimate of drug-likeness (QED) is 0.943. The summed E-state index contributed by atoms with van der Waals surface area (Å²) in [7, 11) is 0. The Balaban J connectivity index is 1.77. The third-order valence-corrected chi connectivity index (χ3v) is 4.16. The van der Waals surface area contributed by atoms with Crippen molar-refractivity contribution >= 4 is 11.3 Å². The Labute approximate surface area is 120 Å². The summed E-state index contributed by atoms with van der Waals surface area (Å²) in [5.41, 5.74) is 0.741. The molecule has 0 radical (unpaired) electrons. The first-order chi connectivity index (χ1) is 9.72. The SMILES string of the molecule is Fc1ccc(F)c(-c2csc(CN3CCNCC3)n2)c1. The summed E-state index contributed by atoms with van der Waals surface area (Å²) >= 11 is 1.49. The molecule has 1 aromatic heterocycles. The first kappa shape index (κ1) is 13.6. The molecule has 0 amide bonds. The van der Waals surface area contributed by atoms with Crippen molar-refractivity contribution in [3.8, 4) is 11.3 Å². The molecule has 1 aromatic carbocycles. The van der Waals surface area contributed by atoms with Crippen LogP contribution in [0.5, 0.6) is 0 Å². The Morgan fingerprint density at radius 2 is 2.05 bits per heavy atom. The molecular weight excluding hydrogens is 280 g/mol. The van der Waals surface area contributed by atoms with Crippen LogP contribution >= 0.6 is 11.3 Å².